The number of nitrogens with zero attached hydrogens (tertiary/aromatic N) is 1. The fourth-order valence-corrected chi connectivity index (χ4v) is 8.46. The molecule has 53 heavy (non-hydrogen) atoms. The second kappa shape index (κ2) is 16.2. The van der Waals surface area contributed by atoms with Gasteiger partial charge in [0.2, 0.25) is 10.0 Å². The summed E-state index contributed by atoms with van der Waals surface area (Å²) in [4.78, 5) is 2.60. The number of rotatable bonds is 11. The number of hydrogen-bond donors (Lipinski definition) is 3. The molecule has 7 rings (SSSR count). The number of likely N-dealkylation sites (tertiary alicyclic amines) is 1. The predicted molar refractivity (Wildman–Crippen MR) is 206 cm³/mol. The fourth-order valence-electron chi connectivity index (χ4n) is 7.29. The number of aliphatic hydroxyl groups excluding tert-OH is 1. The van der Waals surface area contributed by atoms with Crippen molar-refractivity contribution in [3.05, 3.63) is 160 Å². The molecule has 0 radical (unpaired) electrons. The van der Waals surface area contributed by atoms with Gasteiger partial charge in [-0.05, 0) is 76.6 Å². The Morgan fingerprint density at radius 3 is 2.15 bits per heavy atom. The zero-order valence-electron chi connectivity index (χ0n) is 29.6. The van der Waals surface area contributed by atoms with Gasteiger partial charge in [-0.3, -0.25) is 0 Å². The van der Waals surface area contributed by atoms with Crippen LogP contribution in [-0.4, -0.2) is 49.3 Å². The highest BCUT2D eigenvalue weighted by Crippen LogP contribution is 2.43. The summed E-state index contributed by atoms with van der Waals surface area (Å²) in [5, 5.41) is 21.8. The minimum Gasteiger partial charge on any atom is -0.392 e. The average Bonchev–Trinajstić information content (AvgIpc) is 3.19. The zero-order valence-corrected chi connectivity index (χ0v) is 31.2. The SMILES string of the molecule is C[C@H]1[C@@H](CN2CCC(O)(c3ccc(Cl)cc3)CC2)O[C@@H](c2ccc(-c3cccc(CNS(=O)(=O)c4ccccc4)c3)cc2)O[C@H]1c1ccc(CO)cc1. The van der Waals surface area contributed by atoms with Gasteiger partial charge in [0, 0.05) is 42.7 Å². The van der Waals surface area contributed by atoms with E-state index in [9.17, 15) is 18.6 Å². The van der Waals surface area contributed by atoms with Crippen LogP contribution in [0.25, 0.3) is 11.1 Å². The van der Waals surface area contributed by atoms with Crippen LogP contribution in [0.15, 0.2) is 132 Å². The highest BCUT2D eigenvalue weighted by molar-refractivity contribution is 7.89. The van der Waals surface area contributed by atoms with Gasteiger partial charge in [0.1, 0.15) is 0 Å². The molecule has 2 aliphatic rings. The van der Waals surface area contributed by atoms with Crippen LogP contribution in [-0.2, 0) is 38.2 Å². The van der Waals surface area contributed by atoms with Crippen molar-refractivity contribution in [2.45, 2.75) is 61.9 Å². The maximum absolute atomic E-state index is 12.8. The molecule has 0 spiro atoms. The number of ether oxygens (including phenoxy) is 2. The van der Waals surface area contributed by atoms with Gasteiger partial charge in [0.05, 0.1) is 29.3 Å². The third kappa shape index (κ3) is 8.75. The van der Waals surface area contributed by atoms with Gasteiger partial charge in [0.25, 0.3) is 0 Å². The Kier molecular flexibility index (Phi) is 11.5. The normalized spacial score (nSPS) is 22.0. The molecule has 0 bridgehead atoms. The molecular formula is C43H45ClN2O6S. The summed E-state index contributed by atoms with van der Waals surface area (Å²) in [5.41, 5.74) is 5.57. The van der Waals surface area contributed by atoms with Crippen molar-refractivity contribution in [1.82, 2.24) is 9.62 Å². The smallest absolute Gasteiger partial charge is 0.240 e. The van der Waals surface area contributed by atoms with E-state index in [1.165, 1.54) is 0 Å². The number of nitrogens with one attached hydrogen (secondary N) is 1. The maximum atomic E-state index is 12.8. The quantitative estimate of drug-likeness (QED) is 0.127. The third-order valence-corrected chi connectivity index (χ3v) is 12.3. The zero-order chi connectivity index (χ0) is 37.0. The molecule has 5 aromatic carbocycles. The van der Waals surface area contributed by atoms with Crippen LogP contribution in [0.4, 0.5) is 0 Å². The molecule has 0 amide bonds. The van der Waals surface area contributed by atoms with Crippen molar-refractivity contribution >= 4 is 21.6 Å². The van der Waals surface area contributed by atoms with Crippen LogP contribution in [0.5, 0.6) is 0 Å². The van der Waals surface area contributed by atoms with Crippen molar-refractivity contribution in [1.29, 1.82) is 0 Å². The van der Waals surface area contributed by atoms with Crippen LogP contribution in [0.1, 0.15) is 60.0 Å². The summed E-state index contributed by atoms with van der Waals surface area (Å²) < 4.78 is 41.7. The standard InChI is InChI=1S/C43H45ClN2O6S/c1-30-40(28-46-24-22-43(48,23-25-46)37-18-20-38(44)21-19-37)51-42(52-41(30)34-12-10-31(29-47)11-13-34)35-16-14-33(15-17-35)36-7-5-6-32(26-36)27-45-53(49,50)39-8-3-2-4-9-39/h2-21,26,30,40-42,45,47-48H,22-25,27-29H2,1H3/t30-,40+,41+,42+/m0/s1. The van der Waals surface area contributed by atoms with E-state index in [0.717, 1.165) is 52.0 Å². The van der Waals surface area contributed by atoms with Crippen LogP contribution in [0.3, 0.4) is 0 Å². The van der Waals surface area contributed by atoms with Crippen molar-refractivity contribution in [2.24, 2.45) is 5.92 Å². The van der Waals surface area contributed by atoms with Crippen LogP contribution < -0.4 is 4.72 Å². The first kappa shape index (κ1) is 37.4. The molecule has 0 aliphatic carbocycles. The van der Waals surface area contributed by atoms with Gasteiger partial charge in [-0.15, -0.1) is 0 Å². The third-order valence-electron chi connectivity index (χ3n) is 10.6. The fraction of sp³-hybridized carbons (Fsp3) is 0.302. The lowest BCUT2D eigenvalue weighted by molar-refractivity contribution is -0.277. The first-order chi connectivity index (χ1) is 25.6. The Morgan fingerprint density at radius 1 is 0.792 bits per heavy atom. The van der Waals surface area contributed by atoms with Crippen molar-refractivity contribution in [3.63, 3.8) is 0 Å². The molecule has 3 N–H and O–H groups in total. The average molecular weight is 753 g/mol. The molecule has 8 nitrogen and oxygen atoms in total. The summed E-state index contributed by atoms with van der Waals surface area (Å²) in [6.07, 6.45) is 0.238. The van der Waals surface area contributed by atoms with Gasteiger partial charge in [-0.1, -0.05) is 116 Å². The Balaban J connectivity index is 1.06. The molecule has 276 valence electrons. The summed E-state index contributed by atoms with van der Waals surface area (Å²) in [7, 11) is -3.63. The van der Waals surface area contributed by atoms with E-state index in [2.05, 4.69) is 16.5 Å². The van der Waals surface area contributed by atoms with E-state index in [4.69, 9.17) is 21.1 Å². The lowest BCUT2D eigenvalue weighted by atomic mass is 9.84. The minimum absolute atomic E-state index is 0.0222. The van der Waals surface area contributed by atoms with E-state index in [1.807, 2.05) is 97.1 Å². The molecule has 4 atom stereocenters. The van der Waals surface area contributed by atoms with E-state index in [1.54, 1.807) is 30.3 Å². The number of hydrogen-bond acceptors (Lipinski definition) is 7. The van der Waals surface area contributed by atoms with Crippen LogP contribution in [0, 0.1) is 5.92 Å². The Morgan fingerprint density at radius 2 is 1.47 bits per heavy atom. The van der Waals surface area contributed by atoms with Crippen LogP contribution in [0.2, 0.25) is 5.02 Å². The minimum atomic E-state index is -3.63. The predicted octanol–water partition coefficient (Wildman–Crippen LogP) is 7.75. The Labute approximate surface area is 317 Å². The monoisotopic (exact) mass is 752 g/mol. The van der Waals surface area contributed by atoms with Gasteiger partial charge in [0.15, 0.2) is 6.29 Å². The summed E-state index contributed by atoms with van der Waals surface area (Å²) in [6.45, 7) is 4.47. The van der Waals surface area contributed by atoms with E-state index < -0.39 is 21.9 Å². The number of piperidine rings is 1. The van der Waals surface area contributed by atoms with Gasteiger partial charge in [-0.2, -0.15) is 0 Å². The maximum Gasteiger partial charge on any atom is 0.240 e. The summed E-state index contributed by atoms with van der Waals surface area (Å²) in [6, 6.07) is 39.7. The molecular weight excluding hydrogens is 708 g/mol. The summed E-state index contributed by atoms with van der Waals surface area (Å²) >= 11 is 6.11. The first-order valence-electron chi connectivity index (χ1n) is 18.1. The largest absolute Gasteiger partial charge is 0.392 e. The molecule has 0 aromatic heterocycles. The van der Waals surface area contributed by atoms with E-state index >= 15 is 0 Å². The number of benzene rings is 5. The Hall–Kier alpha value is -3.90. The first-order valence-corrected chi connectivity index (χ1v) is 19.9. The van der Waals surface area contributed by atoms with E-state index in [-0.39, 0.29) is 36.2 Å². The van der Waals surface area contributed by atoms with Gasteiger partial charge >= 0.3 is 0 Å². The molecule has 0 saturated carbocycles. The lowest BCUT2D eigenvalue weighted by Crippen LogP contribution is -2.49. The molecule has 10 heteroatoms. The van der Waals surface area contributed by atoms with Gasteiger partial charge < -0.3 is 24.6 Å². The number of halogens is 1. The summed E-state index contributed by atoms with van der Waals surface area (Å²) in [5.74, 6) is 0.0321. The molecule has 2 aliphatic heterocycles. The topological polar surface area (TPSA) is 108 Å². The molecule has 2 fully saturated rings. The second-order valence-electron chi connectivity index (χ2n) is 14.1. The molecule has 2 heterocycles. The van der Waals surface area contributed by atoms with Crippen molar-refractivity contribution in [3.8, 4) is 11.1 Å². The van der Waals surface area contributed by atoms with Crippen molar-refractivity contribution < 1.29 is 28.1 Å². The number of aliphatic hydroxyl groups is 2. The van der Waals surface area contributed by atoms with E-state index in [0.29, 0.717) is 24.4 Å². The second-order valence-corrected chi connectivity index (χ2v) is 16.3. The van der Waals surface area contributed by atoms with Gasteiger partial charge in [-0.25, -0.2) is 13.1 Å². The highest BCUT2D eigenvalue weighted by atomic mass is 35.5. The molecule has 0 unspecified atom stereocenters. The highest BCUT2D eigenvalue weighted by Gasteiger charge is 2.41. The number of sulfonamides is 1. The van der Waals surface area contributed by atoms with Crippen molar-refractivity contribution in [2.75, 3.05) is 19.6 Å². The Bertz CT molecular complexity index is 2070. The molecule has 2 saturated heterocycles. The molecule has 5 aromatic rings. The van der Waals surface area contributed by atoms with Crippen LogP contribution >= 0.6 is 11.6 Å². The lowest BCUT2D eigenvalue weighted by Gasteiger charge is -2.45.